The molecule has 0 saturated carbocycles. The fourth-order valence-corrected chi connectivity index (χ4v) is 3.05. The van der Waals surface area contributed by atoms with Crippen molar-refractivity contribution < 1.29 is 13.2 Å². The topological polar surface area (TPSA) is 3.24 Å². The Kier molecular flexibility index (Phi) is 4.66. The monoisotopic (exact) mass is 355 g/mol. The van der Waals surface area contributed by atoms with Gasteiger partial charge in [0.25, 0.3) is 0 Å². The highest BCUT2D eigenvalue weighted by Gasteiger charge is 2.42. The first-order chi connectivity index (χ1) is 8.91. The summed E-state index contributed by atoms with van der Waals surface area (Å²) in [6.07, 6.45) is -3.35. The zero-order valence-electron chi connectivity index (χ0n) is 10.2. The van der Waals surface area contributed by atoms with Crippen molar-refractivity contribution in [1.29, 1.82) is 0 Å². The van der Waals surface area contributed by atoms with Gasteiger partial charge in [-0.15, -0.1) is 0 Å². The first kappa shape index (κ1) is 15.0. The molecule has 0 amide bonds. The Morgan fingerprint density at radius 1 is 1.37 bits per heavy atom. The van der Waals surface area contributed by atoms with E-state index in [1.165, 1.54) is 0 Å². The van der Waals surface area contributed by atoms with Gasteiger partial charge < -0.3 is 4.90 Å². The van der Waals surface area contributed by atoms with Crippen LogP contribution in [0.15, 0.2) is 18.2 Å². The van der Waals surface area contributed by atoms with Crippen molar-refractivity contribution in [3.8, 4) is 0 Å². The predicted octanol–water partition coefficient (Wildman–Crippen LogP) is 5.01. The summed E-state index contributed by atoms with van der Waals surface area (Å²) in [5.41, 5.74) is 1.77. The normalized spacial score (nSPS) is 20.7. The molecule has 1 saturated heterocycles. The second-order valence-corrected chi connectivity index (χ2v) is 5.73. The number of nitrogens with zero attached hydrogens (tertiary/aromatic N) is 1. The van der Waals surface area contributed by atoms with Crippen LogP contribution in [0.2, 0.25) is 5.02 Å². The Balaban J connectivity index is 2.24. The Labute approximate surface area is 123 Å². The van der Waals surface area contributed by atoms with Crippen LogP contribution in [0.4, 0.5) is 18.9 Å². The minimum Gasteiger partial charge on any atom is -0.371 e. The third-order valence-corrected chi connectivity index (χ3v) is 4.26. The lowest BCUT2D eigenvalue weighted by Crippen LogP contribution is -2.42. The maximum Gasteiger partial charge on any atom is 0.393 e. The molecule has 0 N–H and O–H groups in total. The van der Waals surface area contributed by atoms with Crippen LogP contribution in [-0.4, -0.2) is 19.3 Å². The van der Waals surface area contributed by atoms with Gasteiger partial charge in [-0.3, -0.25) is 0 Å². The Morgan fingerprint density at radius 3 is 2.74 bits per heavy atom. The zero-order valence-corrected chi connectivity index (χ0v) is 12.5. The van der Waals surface area contributed by atoms with E-state index in [1.54, 1.807) is 17.0 Å². The van der Waals surface area contributed by atoms with Crippen LogP contribution < -0.4 is 4.90 Å². The molecule has 0 aliphatic carbocycles. The van der Waals surface area contributed by atoms with Crippen molar-refractivity contribution >= 4 is 33.2 Å². The maximum atomic E-state index is 12.8. The number of rotatable bonds is 2. The van der Waals surface area contributed by atoms with Crippen LogP contribution >= 0.6 is 27.5 Å². The van der Waals surface area contributed by atoms with E-state index in [9.17, 15) is 13.2 Å². The highest BCUT2D eigenvalue weighted by Crippen LogP contribution is 2.36. The summed E-state index contributed by atoms with van der Waals surface area (Å²) in [4.78, 5) is 1.80. The molecule has 0 radical (unpaired) electrons. The van der Waals surface area contributed by atoms with Crippen LogP contribution in [0.1, 0.15) is 18.4 Å². The van der Waals surface area contributed by atoms with E-state index in [1.807, 2.05) is 6.07 Å². The van der Waals surface area contributed by atoms with Gasteiger partial charge in [-0.25, -0.2) is 0 Å². The minimum atomic E-state index is -4.12. The second-order valence-electron chi connectivity index (χ2n) is 4.73. The van der Waals surface area contributed by atoms with E-state index >= 15 is 0 Å². The van der Waals surface area contributed by atoms with Gasteiger partial charge in [0, 0.05) is 29.1 Å². The van der Waals surface area contributed by atoms with E-state index < -0.39 is 12.1 Å². The highest BCUT2D eigenvalue weighted by atomic mass is 79.9. The molecular formula is C13H14BrClF3N. The molecule has 0 bridgehead atoms. The lowest BCUT2D eigenvalue weighted by Gasteiger charge is -2.36. The molecule has 0 spiro atoms. The van der Waals surface area contributed by atoms with Crippen molar-refractivity contribution in [2.24, 2.45) is 5.92 Å². The molecule has 1 fully saturated rings. The van der Waals surface area contributed by atoms with E-state index in [0.717, 1.165) is 11.3 Å². The quantitative estimate of drug-likeness (QED) is 0.673. The molecule has 106 valence electrons. The summed E-state index contributed by atoms with van der Waals surface area (Å²) in [7, 11) is 0. The van der Waals surface area contributed by atoms with Crippen LogP contribution in [0.3, 0.4) is 0 Å². The summed E-state index contributed by atoms with van der Waals surface area (Å²) in [6.45, 7) is 0.663. The van der Waals surface area contributed by atoms with E-state index in [2.05, 4.69) is 15.9 Å². The van der Waals surface area contributed by atoms with E-state index in [4.69, 9.17) is 11.6 Å². The number of halogens is 5. The summed E-state index contributed by atoms with van der Waals surface area (Å²) < 4.78 is 38.5. The Bertz CT molecular complexity index is 450. The van der Waals surface area contributed by atoms with Gasteiger partial charge in [0.2, 0.25) is 0 Å². The van der Waals surface area contributed by atoms with Gasteiger partial charge in [0.15, 0.2) is 0 Å². The smallest absolute Gasteiger partial charge is 0.371 e. The van der Waals surface area contributed by atoms with Crippen molar-refractivity contribution in [2.75, 3.05) is 18.0 Å². The SMILES string of the molecule is FC(F)(F)C1CCCN(c2cc(Cl)ccc2CBr)C1. The minimum absolute atomic E-state index is 0.0177. The second kappa shape index (κ2) is 5.92. The third kappa shape index (κ3) is 3.57. The summed E-state index contributed by atoms with van der Waals surface area (Å²) in [5, 5.41) is 1.15. The van der Waals surface area contributed by atoms with Crippen LogP contribution in [0, 0.1) is 5.92 Å². The molecule has 1 aromatic rings. The molecule has 1 nitrogen and oxygen atoms in total. The predicted molar refractivity (Wildman–Crippen MR) is 75.1 cm³/mol. The lowest BCUT2D eigenvalue weighted by atomic mass is 9.96. The maximum absolute atomic E-state index is 12.8. The van der Waals surface area contributed by atoms with Gasteiger partial charge in [-0.2, -0.15) is 13.2 Å². The first-order valence-corrected chi connectivity index (χ1v) is 7.58. The van der Waals surface area contributed by atoms with Gasteiger partial charge in [-0.1, -0.05) is 33.6 Å². The van der Waals surface area contributed by atoms with Crippen LogP contribution in [-0.2, 0) is 5.33 Å². The fourth-order valence-electron chi connectivity index (χ4n) is 2.41. The Morgan fingerprint density at radius 2 is 2.11 bits per heavy atom. The van der Waals surface area contributed by atoms with Crippen LogP contribution in [0.5, 0.6) is 0 Å². The fraction of sp³-hybridized carbons (Fsp3) is 0.538. The third-order valence-electron chi connectivity index (χ3n) is 3.42. The average molecular weight is 357 g/mol. The Hall–Kier alpha value is -0.420. The molecule has 1 aromatic carbocycles. The number of anilines is 1. The highest BCUT2D eigenvalue weighted by molar-refractivity contribution is 9.08. The average Bonchev–Trinajstić information content (AvgIpc) is 2.38. The van der Waals surface area contributed by atoms with Gasteiger partial charge in [0.1, 0.15) is 0 Å². The number of benzene rings is 1. The number of alkyl halides is 4. The number of piperidine rings is 1. The molecule has 1 heterocycles. The van der Waals surface area contributed by atoms with E-state index in [-0.39, 0.29) is 13.0 Å². The molecular weight excluding hydrogens is 343 g/mol. The summed E-state index contributed by atoms with van der Waals surface area (Å²) in [5.74, 6) is -1.25. The van der Waals surface area contributed by atoms with Crippen molar-refractivity contribution in [3.63, 3.8) is 0 Å². The molecule has 1 aliphatic rings. The van der Waals surface area contributed by atoms with Gasteiger partial charge in [-0.05, 0) is 30.5 Å². The molecule has 1 unspecified atom stereocenters. The standard InChI is InChI=1S/C13H14BrClF3N/c14-7-9-3-4-11(15)6-12(9)19-5-1-2-10(8-19)13(16,17)18/h3-4,6,10H,1-2,5,7-8H2. The molecule has 19 heavy (non-hydrogen) atoms. The lowest BCUT2D eigenvalue weighted by molar-refractivity contribution is -0.175. The number of hydrogen-bond acceptors (Lipinski definition) is 1. The summed E-state index contributed by atoms with van der Waals surface area (Å²) in [6, 6.07) is 5.35. The van der Waals surface area contributed by atoms with Gasteiger partial charge in [0.05, 0.1) is 5.92 Å². The molecule has 0 aromatic heterocycles. The van der Waals surface area contributed by atoms with Crippen LogP contribution in [0.25, 0.3) is 0 Å². The summed E-state index contributed by atoms with van der Waals surface area (Å²) >= 11 is 9.32. The largest absolute Gasteiger partial charge is 0.393 e. The zero-order chi connectivity index (χ0) is 14.0. The molecule has 1 atom stereocenters. The molecule has 6 heteroatoms. The molecule has 2 rings (SSSR count). The van der Waals surface area contributed by atoms with Crippen molar-refractivity contribution in [3.05, 3.63) is 28.8 Å². The van der Waals surface area contributed by atoms with Gasteiger partial charge >= 0.3 is 6.18 Å². The number of hydrogen-bond donors (Lipinski definition) is 0. The molecule has 1 aliphatic heterocycles. The van der Waals surface area contributed by atoms with Crippen molar-refractivity contribution in [1.82, 2.24) is 0 Å². The van der Waals surface area contributed by atoms with E-state index in [0.29, 0.717) is 23.3 Å². The van der Waals surface area contributed by atoms with Crippen molar-refractivity contribution in [2.45, 2.75) is 24.3 Å². The first-order valence-electron chi connectivity index (χ1n) is 6.08.